The SMILES string of the molecule is COc1ccc(C(C)N2CCCC2CCNC(=O)c2cc(C)cc(F)c2)cc1C. The van der Waals surface area contributed by atoms with E-state index >= 15 is 0 Å². The normalized spacial score (nSPS) is 17.9. The lowest BCUT2D eigenvalue weighted by Crippen LogP contribution is -2.35. The quantitative estimate of drug-likeness (QED) is 0.729. The van der Waals surface area contributed by atoms with E-state index in [1.165, 1.54) is 24.1 Å². The number of nitrogens with zero attached hydrogens (tertiary/aromatic N) is 1. The summed E-state index contributed by atoms with van der Waals surface area (Å²) in [4.78, 5) is 14.9. The van der Waals surface area contributed by atoms with E-state index in [1.54, 1.807) is 20.1 Å². The van der Waals surface area contributed by atoms with Crippen molar-refractivity contribution in [2.75, 3.05) is 20.2 Å². The molecule has 1 amide bonds. The van der Waals surface area contributed by atoms with E-state index in [4.69, 9.17) is 4.74 Å². The maximum atomic E-state index is 13.5. The maximum absolute atomic E-state index is 13.5. The molecule has 1 saturated heterocycles. The summed E-state index contributed by atoms with van der Waals surface area (Å²) in [6.07, 6.45) is 3.19. The Morgan fingerprint density at radius 2 is 2.07 bits per heavy atom. The van der Waals surface area contributed by atoms with Gasteiger partial charge in [0.1, 0.15) is 11.6 Å². The van der Waals surface area contributed by atoms with Gasteiger partial charge in [0.05, 0.1) is 7.11 Å². The van der Waals surface area contributed by atoms with Crippen molar-refractivity contribution in [3.63, 3.8) is 0 Å². The number of methoxy groups -OCH3 is 1. The molecule has 1 fully saturated rings. The number of hydrogen-bond donors (Lipinski definition) is 1. The van der Waals surface area contributed by atoms with E-state index in [1.807, 2.05) is 6.07 Å². The second-order valence-electron chi connectivity index (χ2n) is 8.00. The van der Waals surface area contributed by atoms with Crippen LogP contribution < -0.4 is 10.1 Å². The predicted molar refractivity (Wildman–Crippen MR) is 114 cm³/mol. The van der Waals surface area contributed by atoms with Crippen molar-refractivity contribution in [2.24, 2.45) is 0 Å². The molecule has 1 aliphatic rings. The van der Waals surface area contributed by atoms with Gasteiger partial charge in [-0.1, -0.05) is 12.1 Å². The third-order valence-electron chi connectivity index (χ3n) is 5.89. The molecule has 2 aromatic rings. The second-order valence-corrected chi connectivity index (χ2v) is 8.00. The first kappa shape index (κ1) is 21.3. The number of nitrogens with one attached hydrogen (secondary N) is 1. The van der Waals surface area contributed by atoms with E-state index in [9.17, 15) is 9.18 Å². The Kier molecular flexibility index (Phi) is 6.91. The van der Waals surface area contributed by atoms with Gasteiger partial charge in [0.2, 0.25) is 0 Å². The summed E-state index contributed by atoms with van der Waals surface area (Å²) < 4.78 is 18.9. The minimum Gasteiger partial charge on any atom is -0.496 e. The number of rotatable bonds is 7. The van der Waals surface area contributed by atoms with E-state index in [0.717, 1.165) is 36.3 Å². The highest BCUT2D eigenvalue weighted by atomic mass is 19.1. The monoisotopic (exact) mass is 398 g/mol. The van der Waals surface area contributed by atoms with Gasteiger partial charge in [0.25, 0.3) is 5.91 Å². The van der Waals surface area contributed by atoms with Gasteiger partial charge in [0.15, 0.2) is 0 Å². The Balaban J connectivity index is 1.58. The zero-order valence-corrected chi connectivity index (χ0v) is 17.8. The van der Waals surface area contributed by atoms with E-state index in [-0.39, 0.29) is 11.7 Å². The summed E-state index contributed by atoms with van der Waals surface area (Å²) in [5.74, 6) is 0.325. The Morgan fingerprint density at radius 1 is 1.28 bits per heavy atom. The van der Waals surface area contributed by atoms with Crippen molar-refractivity contribution in [2.45, 2.75) is 52.1 Å². The highest BCUT2D eigenvalue weighted by Gasteiger charge is 2.29. The first-order valence-corrected chi connectivity index (χ1v) is 10.3. The second kappa shape index (κ2) is 9.40. The average Bonchev–Trinajstić information content (AvgIpc) is 3.15. The summed E-state index contributed by atoms with van der Waals surface area (Å²) in [6, 6.07) is 11.6. The van der Waals surface area contributed by atoms with Gasteiger partial charge in [-0.15, -0.1) is 0 Å². The lowest BCUT2D eigenvalue weighted by atomic mass is 10.0. The van der Waals surface area contributed by atoms with E-state index in [2.05, 4.69) is 36.2 Å². The van der Waals surface area contributed by atoms with Gasteiger partial charge in [-0.25, -0.2) is 4.39 Å². The van der Waals surface area contributed by atoms with Gasteiger partial charge in [-0.05, 0) is 87.5 Å². The van der Waals surface area contributed by atoms with Crippen LogP contribution in [0.4, 0.5) is 4.39 Å². The largest absolute Gasteiger partial charge is 0.496 e. The molecule has 0 saturated carbocycles. The predicted octanol–water partition coefficient (Wildman–Crippen LogP) is 4.80. The van der Waals surface area contributed by atoms with E-state index < -0.39 is 0 Å². The zero-order valence-electron chi connectivity index (χ0n) is 17.8. The molecule has 4 nitrogen and oxygen atoms in total. The molecule has 0 aliphatic carbocycles. The lowest BCUT2D eigenvalue weighted by Gasteiger charge is -2.31. The van der Waals surface area contributed by atoms with Crippen LogP contribution >= 0.6 is 0 Å². The Bertz CT molecular complexity index is 848. The first-order valence-electron chi connectivity index (χ1n) is 10.3. The van der Waals surface area contributed by atoms with Gasteiger partial charge < -0.3 is 10.1 Å². The molecule has 0 spiro atoms. The van der Waals surface area contributed by atoms with Crippen molar-refractivity contribution in [3.8, 4) is 5.75 Å². The fourth-order valence-electron chi connectivity index (χ4n) is 4.35. The fraction of sp³-hybridized carbons (Fsp3) is 0.458. The highest BCUT2D eigenvalue weighted by molar-refractivity contribution is 5.94. The first-order chi connectivity index (χ1) is 13.9. The van der Waals surface area contributed by atoms with Crippen molar-refractivity contribution < 1.29 is 13.9 Å². The molecule has 0 bridgehead atoms. The highest BCUT2D eigenvalue weighted by Crippen LogP contribution is 2.32. The van der Waals surface area contributed by atoms with Crippen molar-refractivity contribution >= 4 is 5.91 Å². The molecule has 0 radical (unpaired) electrons. The number of aryl methyl sites for hydroxylation is 2. The molecule has 1 aliphatic heterocycles. The molecule has 2 unspecified atom stereocenters. The van der Waals surface area contributed by atoms with Crippen LogP contribution in [-0.4, -0.2) is 37.0 Å². The third-order valence-corrected chi connectivity index (χ3v) is 5.89. The molecular weight excluding hydrogens is 367 g/mol. The Hall–Kier alpha value is -2.40. The van der Waals surface area contributed by atoms with E-state index in [0.29, 0.717) is 24.2 Å². The molecule has 29 heavy (non-hydrogen) atoms. The number of amides is 1. The molecule has 2 aromatic carbocycles. The summed E-state index contributed by atoms with van der Waals surface area (Å²) in [7, 11) is 1.70. The topological polar surface area (TPSA) is 41.6 Å². The molecule has 2 atom stereocenters. The molecule has 0 aromatic heterocycles. The number of hydrogen-bond acceptors (Lipinski definition) is 3. The van der Waals surface area contributed by atoms with Crippen molar-refractivity contribution in [1.82, 2.24) is 10.2 Å². The van der Waals surface area contributed by atoms with Crippen LogP contribution in [0.25, 0.3) is 0 Å². The third kappa shape index (κ3) is 5.15. The summed E-state index contributed by atoms with van der Waals surface area (Å²) >= 11 is 0. The molecule has 3 rings (SSSR count). The average molecular weight is 399 g/mol. The zero-order chi connectivity index (χ0) is 21.0. The van der Waals surface area contributed by atoms with Crippen LogP contribution in [0.5, 0.6) is 5.75 Å². The number of carbonyl (C=O) groups excluding carboxylic acids is 1. The Labute approximate surface area is 173 Å². The minimum absolute atomic E-state index is 0.212. The van der Waals surface area contributed by atoms with Gasteiger partial charge in [-0.3, -0.25) is 9.69 Å². The standard InChI is InChI=1S/C24H31FN2O2/c1-16-12-20(15-21(25)13-16)24(28)26-10-9-22-6-5-11-27(22)18(3)19-7-8-23(29-4)17(2)14-19/h7-8,12-15,18,22H,5-6,9-11H2,1-4H3,(H,26,28). The number of benzene rings is 2. The van der Waals surface area contributed by atoms with Gasteiger partial charge in [-0.2, -0.15) is 0 Å². The van der Waals surface area contributed by atoms with Crippen LogP contribution in [0.15, 0.2) is 36.4 Å². The van der Waals surface area contributed by atoms with Gasteiger partial charge >= 0.3 is 0 Å². The lowest BCUT2D eigenvalue weighted by molar-refractivity contribution is 0.0947. The smallest absolute Gasteiger partial charge is 0.251 e. The minimum atomic E-state index is -0.374. The fourth-order valence-corrected chi connectivity index (χ4v) is 4.35. The molecular formula is C24H31FN2O2. The number of carbonyl (C=O) groups is 1. The summed E-state index contributed by atoms with van der Waals surface area (Å²) in [5, 5.41) is 2.95. The van der Waals surface area contributed by atoms with Crippen LogP contribution in [-0.2, 0) is 0 Å². The number of ether oxygens (including phenoxy) is 1. The van der Waals surface area contributed by atoms with Crippen molar-refractivity contribution in [1.29, 1.82) is 0 Å². The van der Waals surface area contributed by atoms with Crippen LogP contribution in [0.1, 0.15) is 59.3 Å². The summed E-state index contributed by atoms with van der Waals surface area (Å²) in [6.45, 7) is 7.75. The number of halogens is 1. The molecule has 156 valence electrons. The van der Waals surface area contributed by atoms with Crippen LogP contribution in [0.3, 0.4) is 0 Å². The molecule has 1 N–H and O–H groups in total. The van der Waals surface area contributed by atoms with Crippen LogP contribution in [0.2, 0.25) is 0 Å². The van der Waals surface area contributed by atoms with Gasteiger partial charge in [0, 0.05) is 24.2 Å². The number of likely N-dealkylation sites (tertiary alicyclic amines) is 1. The molecule has 5 heteroatoms. The maximum Gasteiger partial charge on any atom is 0.251 e. The Morgan fingerprint density at radius 3 is 2.76 bits per heavy atom. The molecule has 1 heterocycles. The van der Waals surface area contributed by atoms with Crippen molar-refractivity contribution in [3.05, 3.63) is 64.5 Å². The summed E-state index contributed by atoms with van der Waals surface area (Å²) in [5.41, 5.74) is 3.56. The van der Waals surface area contributed by atoms with Crippen LogP contribution in [0, 0.1) is 19.7 Å².